The van der Waals surface area contributed by atoms with Gasteiger partial charge in [0.25, 0.3) is 5.91 Å². The van der Waals surface area contributed by atoms with Gasteiger partial charge in [0.2, 0.25) is 10.0 Å². The van der Waals surface area contributed by atoms with E-state index in [2.05, 4.69) is 10.5 Å². The Kier molecular flexibility index (Phi) is 6.82. The van der Waals surface area contributed by atoms with Crippen molar-refractivity contribution in [3.63, 3.8) is 0 Å². The molecule has 3 aromatic rings. The van der Waals surface area contributed by atoms with Gasteiger partial charge in [0.15, 0.2) is 0 Å². The molecular formula is C20H18ClN3O4S. The fourth-order valence-electron chi connectivity index (χ4n) is 2.47. The van der Waals surface area contributed by atoms with Gasteiger partial charge in [0.1, 0.15) is 5.76 Å². The highest BCUT2D eigenvalue weighted by Crippen LogP contribution is 2.18. The van der Waals surface area contributed by atoms with Crippen molar-refractivity contribution in [2.45, 2.75) is 11.4 Å². The smallest absolute Gasteiger partial charge is 0.255 e. The molecule has 0 radical (unpaired) electrons. The van der Waals surface area contributed by atoms with Crippen LogP contribution in [-0.2, 0) is 21.4 Å². The summed E-state index contributed by atoms with van der Waals surface area (Å²) >= 11 is 5.82. The number of hydrazone groups is 1. The number of hydrogen-bond donors (Lipinski definition) is 1. The van der Waals surface area contributed by atoms with E-state index >= 15 is 0 Å². The highest BCUT2D eigenvalue weighted by atomic mass is 35.5. The van der Waals surface area contributed by atoms with E-state index in [0.29, 0.717) is 10.8 Å². The molecule has 0 fully saturated rings. The topological polar surface area (TPSA) is 92.0 Å². The molecule has 0 atom stereocenters. The Bertz CT molecular complexity index is 1070. The number of sulfonamides is 1. The lowest BCUT2D eigenvalue weighted by molar-refractivity contribution is -0.121. The average Bonchev–Trinajstić information content (AvgIpc) is 3.23. The molecule has 7 nitrogen and oxygen atoms in total. The third kappa shape index (κ3) is 5.77. The number of nitrogens with one attached hydrogen (secondary N) is 1. The highest BCUT2D eigenvalue weighted by Gasteiger charge is 2.27. The van der Waals surface area contributed by atoms with Gasteiger partial charge in [-0.25, -0.2) is 13.8 Å². The number of amides is 1. The maximum absolute atomic E-state index is 13.0. The fraction of sp³-hybridized carbons (Fsp3) is 0.100. The zero-order chi connectivity index (χ0) is 20.7. The minimum Gasteiger partial charge on any atom is -0.468 e. The lowest BCUT2D eigenvalue weighted by Gasteiger charge is -2.20. The van der Waals surface area contributed by atoms with Crippen LogP contribution in [0.4, 0.5) is 0 Å². The van der Waals surface area contributed by atoms with Crippen molar-refractivity contribution >= 4 is 33.7 Å². The minimum atomic E-state index is -3.91. The first-order valence-corrected chi connectivity index (χ1v) is 10.4. The zero-order valence-electron chi connectivity index (χ0n) is 15.2. The molecule has 0 aliphatic heterocycles. The van der Waals surface area contributed by atoms with E-state index in [1.807, 2.05) is 0 Å². The molecule has 0 saturated heterocycles. The number of carbonyl (C=O) groups excluding carboxylic acids is 1. The Hall–Kier alpha value is -2.94. The summed E-state index contributed by atoms with van der Waals surface area (Å²) in [5.74, 6) is -0.164. The Morgan fingerprint density at radius 1 is 1.07 bits per heavy atom. The van der Waals surface area contributed by atoms with Crippen LogP contribution in [0.5, 0.6) is 0 Å². The Labute approximate surface area is 173 Å². The van der Waals surface area contributed by atoms with Gasteiger partial charge in [-0.2, -0.15) is 9.41 Å². The molecule has 0 unspecified atom stereocenters. The summed E-state index contributed by atoms with van der Waals surface area (Å²) in [5, 5.41) is 4.45. The molecule has 0 bridgehead atoms. The number of hydrogen-bond acceptors (Lipinski definition) is 5. The Morgan fingerprint density at radius 3 is 2.45 bits per heavy atom. The number of furan rings is 1. The Morgan fingerprint density at radius 2 is 1.79 bits per heavy atom. The van der Waals surface area contributed by atoms with Crippen LogP contribution in [0.25, 0.3) is 0 Å². The molecule has 1 amide bonds. The van der Waals surface area contributed by atoms with Crippen molar-refractivity contribution in [3.8, 4) is 0 Å². The van der Waals surface area contributed by atoms with Crippen molar-refractivity contribution in [1.29, 1.82) is 0 Å². The van der Waals surface area contributed by atoms with Crippen molar-refractivity contribution in [3.05, 3.63) is 89.3 Å². The van der Waals surface area contributed by atoms with Gasteiger partial charge >= 0.3 is 0 Å². The monoisotopic (exact) mass is 431 g/mol. The van der Waals surface area contributed by atoms with Crippen LogP contribution >= 0.6 is 11.6 Å². The van der Waals surface area contributed by atoms with Crippen molar-refractivity contribution in [2.75, 3.05) is 6.54 Å². The summed E-state index contributed by atoms with van der Waals surface area (Å²) in [6.07, 6.45) is 2.88. The van der Waals surface area contributed by atoms with Gasteiger partial charge in [-0.3, -0.25) is 4.79 Å². The SMILES string of the molecule is O=C(CN(Cc1ccco1)S(=O)(=O)c1ccccc1)N/N=C\c1ccc(Cl)cc1. The summed E-state index contributed by atoms with van der Waals surface area (Å²) in [4.78, 5) is 12.4. The average molecular weight is 432 g/mol. The normalized spacial score (nSPS) is 11.8. The quantitative estimate of drug-likeness (QED) is 0.437. The molecule has 0 aliphatic carbocycles. The van der Waals surface area contributed by atoms with Gasteiger partial charge in [0.05, 0.1) is 30.5 Å². The second kappa shape index (κ2) is 9.51. The van der Waals surface area contributed by atoms with Crippen LogP contribution in [0.3, 0.4) is 0 Å². The summed E-state index contributed by atoms with van der Waals surface area (Å²) in [6, 6.07) is 18.1. The van der Waals surface area contributed by atoms with Crippen LogP contribution in [0, 0.1) is 0 Å². The standard InChI is InChI=1S/C20H18ClN3O4S/c21-17-10-8-16(9-11-17)13-22-23-20(25)15-24(14-18-5-4-12-28-18)29(26,27)19-6-2-1-3-7-19/h1-13H,14-15H2,(H,23,25)/b22-13-. The van der Waals surface area contributed by atoms with E-state index in [0.717, 1.165) is 9.87 Å². The molecule has 1 aromatic heterocycles. The maximum atomic E-state index is 13.0. The molecule has 29 heavy (non-hydrogen) atoms. The summed E-state index contributed by atoms with van der Waals surface area (Å²) in [7, 11) is -3.91. The molecule has 1 heterocycles. The van der Waals surface area contributed by atoms with E-state index in [4.69, 9.17) is 16.0 Å². The molecule has 0 aliphatic rings. The minimum absolute atomic E-state index is 0.0848. The van der Waals surface area contributed by atoms with Gasteiger partial charge in [-0.1, -0.05) is 41.9 Å². The second-order valence-electron chi connectivity index (χ2n) is 6.01. The van der Waals surface area contributed by atoms with Crippen LogP contribution in [0.1, 0.15) is 11.3 Å². The fourth-order valence-corrected chi connectivity index (χ4v) is 3.98. The summed E-state index contributed by atoms with van der Waals surface area (Å²) in [6.45, 7) is -0.506. The molecule has 1 N–H and O–H groups in total. The zero-order valence-corrected chi connectivity index (χ0v) is 16.8. The van der Waals surface area contributed by atoms with Gasteiger partial charge in [0, 0.05) is 5.02 Å². The third-order valence-corrected chi connectivity index (χ3v) is 5.94. The van der Waals surface area contributed by atoms with E-state index in [9.17, 15) is 13.2 Å². The van der Waals surface area contributed by atoms with Gasteiger partial charge < -0.3 is 4.42 Å². The van der Waals surface area contributed by atoms with Crippen molar-refractivity contribution in [1.82, 2.24) is 9.73 Å². The van der Waals surface area contributed by atoms with Crippen LogP contribution in [0.2, 0.25) is 5.02 Å². The predicted molar refractivity (Wildman–Crippen MR) is 110 cm³/mol. The number of rotatable bonds is 8. The number of halogens is 1. The molecule has 2 aromatic carbocycles. The first kappa shape index (κ1) is 20.8. The van der Waals surface area contributed by atoms with E-state index in [-0.39, 0.29) is 11.4 Å². The van der Waals surface area contributed by atoms with Gasteiger partial charge in [-0.05, 0) is 42.0 Å². The van der Waals surface area contributed by atoms with E-state index < -0.39 is 22.5 Å². The number of carbonyl (C=O) groups is 1. The lowest BCUT2D eigenvalue weighted by Crippen LogP contribution is -2.38. The lowest BCUT2D eigenvalue weighted by atomic mass is 10.2. The van der Waals surface area contributed by atoms with Gasteiger partial charge in [-0.15, -0.1) is 0 Å². The van der Waals surface area contributed by atoms with Crippen molar-refractivity contribution in [2.24, 2.45) is 5.10 Å². The molecule has 3 rings (SSSR count). The maximum Gasteiger partial charge on any atom is 0.255 e. The summed E-state index contributed by atoms with van der Waals surface area (Å²) in [5.41, 5.74) is 3.08. The van der Waals surface area contributed by atoms with E-state index in [1.165, 1.54) is 24.6 Å². The molecule has 0 saturated carbocycles. The first-order chi connectivity index (χ1) is 13.9. The van der Waals surface area contributed by atoms with Crippen molar-refractivity contribution < 1.29 is 17.6 Å². The third-order valence-electron chi connectivity index (χ3n) is 3.89. The molecule has 0 spiro atoms. The van der Waals surface area contributed by atoms with Crippen LogP contribution in [0.15, 0.2) is 87.4 Å². The van der Waals surface area contributed by atoms with Crippen LogP contribution in [-0.4, -0.2) is 31.4 Å². The Balaban J connectivity index is 1.72. The molecular weight excluding hydrogens is 414 g/mol. The number of benzene rings is 2. The van der Waals surface area contributed by atoms with E-state index in [1.54, 1.807) is 54.6 Å². The molecule has 9 heteroatoms. The van der Waals surface area contributed by atoms with Crippen LogP contribution < -0.4 is 5.43 Å². The molecule has 150 valence electrons. The first-order valence-electron chi connectivity index (χ1n) is 8.60. The highest BCUT2D eigenvalue weighted by molar-refractivity contribution is 7.89. The second-order valence-corrected chi connectivity index (χ2v) is 8.38. The predicted octanol–water partition coefficient (Wildman–Crippen LogP) is 3.27. The summed E-state index contributed by atoms with van der Waals surface area (Å²) < 4.78 is 32.2. The largest absolute Gasteiger partial charge is 0.468 e. The number of nitrogens with zero attached hydrogens (tertiary/aromatic N) is 2.